The minimum atomic E-state index is -0.602. The summed E-state index contributed by atoms with van der Waals surface area (Å²) in [4.78, 5) is 16.0. The maximum Gasteiger partial charge on any atom is 0.231 e. The second kappa shape index (κ2) is 5.57. The summed E-state index contributed by atoms with van der Waals surface area (Å²) in [6.07, 6.45) is 1.19. The molecule has 1 saturated heterocycles. The van der Waals surface area contributed by atoms with E-state index in [4.69, 9.17) is 4.74 Å². The third-order valence-electron chi connectivity index (χ3n) is 2.71. The standard InChI is InChI=1S/C11H16N2O3S/c1-7(14)9-6-17-11(12-9)13-10(15)8-3-2-4-16-5-8/h6-8,14H,2-5H2,1H3,(H,12,13,15). The van der Waals surface area contributed by atoms with Gasteiger partial charge in [0.25, 0.3) is 0 Å². The van der Waals surface area contributed by atoms with Gasteiger partial charge in [0, 0.05) is 12.0 Å². The molecule has 0 aliphatic carbocycles. The first-order valence-electron chi connectivity index (χ1n) is 5.69. The fourth-order valence-corrected chi connectivity index (χ4v) is 2.49. The van der Waals surface area contributed by atoms with E-state index in [-0.39, 0.29) is 11.8 Å². The van der Waals surface area contributed by atoms with Crippen LogP contribution in [0.4, 0.5) is 5.13 Å². The Morgan fingerprint density at radius 1 is 1.76 bits per heavy atom. The third kappa shape index (κ3) is 3.24. The number of aliphatic hydroxyl groups is 1. The summed E-state index contributed by atoms with van der Waals surface area (Å²) >= 11 is 1.33. The number of carbonyl (C=O) groups is 1. The van der Waals surface area contributed by atoms with E-state index in [2.05, 4.69) is 10.3 Å². The van der Waals surface area contributed by atoms with Crippen LogP contribution in [0.25, 0.3) is 0 Å². The number of anilines is 1. The molecule has 17 heavy (non-hydrogen) atoms. The number of carbonyl (C=O) groups excluding carboxylic acids is 1. The van der Waals surface area contributed by atoms with Crippen LogP contribution < -0.4 is 5.32 Å². The van der Waals surface area contributed by atoms with Gasteiger partial charge in [-0.25, -0.2) is 4.98 Å². The number of rotatable bonds is 3. The number of amides is 1. The van der Waals surface area contributed by atoms with Crippen LogP contribution in [-0.4, -0.2) is 29.2 Å². The fourth-order valence-electron chi connectivity index (χ4n) is 1.69. The lowest BCUT2D eigenvalue weighted by Gasteiger charge is -2.20. The second-order valence-corrected chi connectivity index (χ2v) is 5.01. The molecule has 0 radical (unpaired) electrons. The topological polar surface area (TPSA) is 71.5 Å². The summed E-state index contributed by atoms with van der Waals surface area (Å²) in [5, 5.41) is 14.4. The van der Waals surface area contributed by atoms with Crippen molar-refractivity contribution in [1.82, 2.24) is 4.98 Å². The Balaban J connectivity index is 1.92. The Hall–Kier alpha value is -0.980. The molecule has 1 aliphatic rings. The molecule has 0 aromatic carbocycles. The largest absolute Gasteiger partial charge is 0.387 e. The zero-order valence-electron chi connectivity index (χ0n) is 9.68. The van der Waals surface area contributed by atoms with Gasteiger partial charge < -0.3 is 15.2 Å². The first-order chi connectivity index (χ1) is 8.16. The number of aromatic nitrogens is 1. The molecule has 2 N–H and O–H groups in total. The zero-order valence-corrected chi connectivity index (χ0v) is 10.5. The molecule has 5 nitrogen and oxygen atoms in total. The van der Waals surface area contributed by atoms with Crippen LogP contribution in [-0.2, 0) is 9.53 Å². The van der Waals surface area contributed by atoms with Crippen molar-refractivity contribution in [1.29, 1.82) is 0 Å². The monoisotopic (exact) mass is 256 g/mol. The molecule has 0 bridgehead atoms. The number of aliphatic hydroxyl groups excluding tert-OH is 1. The van der Waals surface area contributed by atoms with E-state index in [0.717, 1.165) is 19.4 Å². The van der Waals surface area contributed by atoms with Crippen molar-refractivity contribution in [2.45, 2.75) is 25.9 Å². The van der Waals surface area contributed by atoms with Gasteiger partial charge in [0.1, 0.15) is 0 Å². The van der Waals surface area contributed by atoms with Crippen molar-refractivity contribution in [3.05, 3.63) is 11.1 Å². The van der Waals surface area contributed by atoms with Gasteiger partial charge in [-0.3, -0.25) is 4.79 Å². The highest BCUT2D eigenvalue weighted by Crippen LogP contribution is 2.22. The summed E-state index contributed by atoms with van der Waals surface area (Å²) in [5.74, 6) is -0.126. The predicted octanol–water partition coefficient (Wildman–Crippen LogP) is 1.56. The van der Waals surface area contributed by atoms with Crippen molar-refractivity contribution in [3.8, 4) is 0 Å². The van der Waals surface area contributed by atoms with Crippen LogP contribution >= 0.6 is 11.3 Å². The Kier molecular flexibility index (Phi) is 4.09. The number of thiazole rings is 1. The van der Waals surface area contributed by atoms with Gasteiger partial charge >= 0.3 is 0 Å². The molecular formula is C11H16N2O3S. The van der Waals surface area contributed by atoms with Crippen LogP contribution in [0, 0.1) is 5.92 Å². The molecule has 2 heterocycles. The smallest absolute Gasteiger partial charge is 0.231 e. The van der Waals surface area contributed by atoms with E-state index in [9.17, 15) is 9.90 Å². The van der Waals surface area contributed by atoms with Crippen molar-refractivity contribution in [2.24, 2.45) is 5.92 Å². The first-order valence-corrected chi connectivity index (χ1v) is 6.57. The van der Waals surface area contributed by atoms with Gasteiger partial charge in [0.05, 0.1) is 24.3 Å². The molecule has 1 fully saturated rings. The molecule has 94 valence electrons. The number of hydrogen-bond donors (Lipinski definition) is 2. The Morgan fingerprint density at radius 3 is 3.18 bits per heavy atom. The van der Waals surface area contributed by atoms with Crippen LogP contribution in [0.5, 0.6) is 0 Å². The lowest BCUT2D eigenvalue weighted by atomic mass is 10.0. The molecular weight excluding hydrogens is 240 g/mol. The van der Waals surface area contributed by atoms with Crippen molar-refractivity contribution in [3.63, 3.8) is 0 Å². The highest BCUT2D eigenvalue weighted by atomic mass is 32.1. The van der Waals surface area contributed by atoms with Crippen molar-refractivity contribution < 1.29 is 14.6 Å². The highest BCUT2D eigenvalue weighted by molar-refractivity contribution is 7.13. The molecule has 1 aromatic rings. The Labute approximate surface area is 104 Å². The minimum Gasteiger partial charge on any atom is -0.387 e. The van der Waals surface area contributed by atoms with Crippen LogP contribution in [0.15, 0.2) is 5.38 Å². The van der Waals surface area contributed by atoms with E-state index < -0.39 is 6.10 Å². The number of nitrogens with zero attached hydrogens (tertiary/aromatic N) is 1. The minimum absolute atomic E-state index is 0.0452. The normalized spacial score (nSPS) is 22.1. The lowest BCUT2D eigenvalue weighted by molar-refractivity contribution is -0.123. The summed E-state index contributed by atoms with van der Waals surface area (Å²) in [6, 6.07) is 0. The number of hydrogen-bond acceptors (Lipinski definition) is 5. The van der Waals surface area contributed by atoms with Gasteiger partial charge in [0.15, 0.2) is 5.13 Å². The van der Waals surface area contributed by atoms with Crippen molar-refractivity contribution >= 4 is 22.4 Å². The van der Waals surface area contributed by atoms with E-state index in [1.54, 1.807) is 12.3 Å². The summed E-state index contributed by atoms with van der Waals surface area (Å²) in [7, 11) is 0. The van der Waals surface area contributed by atoms with Gasteiger partial charge in [-0.15, -0.1) is 11.3 Å². The van der Waals surface area contributed by atoms with Crippen LogP contribution in [0.3, 0.4) is 0 Å². The molecule has 2 unspecified atom stereocenters. The molecule has 2 rings (SSSR count). The first kappa shape index (κ1) is 12.5. The average molecular weight is 256 g/mol. The maximum atomic E-state index is 11.9. The Bertz CT molecular complexity index is 386. The third-order valence-corrected chi connectivity index (χ3v) is 3.49. The van der Waals surface area contributed by atoms with Gasteiger partial charge in [-0.1, -0.05) is 0 Å². The quantitative estimate of drug-likeness (QED) is 0.861. The summed E-state index contributed by atoms with van der Waals surface area (Å²) < 4.78 is 5.27. The van der Waals surface area contributed by atoms with Gasteiger partial charge in [-0.05, 0) is 19.8 Å². The average Bonchev–Trinajstić information content (AvgIpc) is 2.79. The van der Waals surface area contributed by atoms with E-state index in [1.165, 1.54) is 11.3 Å². The second-order valence-electron chi connectivity index (χ2n) is 4.16. The SMILES string of the molecule is CC(O)c1csc(NC(=O)C2CCCOC2)n1. The van der Waals surface area contributed by atoms with E-state index in [1.807, 2.05) is 0 Å². The van der Waals surface area contributed by atoms with Gasteiger partial charge in [-0.2, -0.15) is 0 Å². The predicted molar refractivity (Wildman–Crippen MR) is 64.9 cm³/mol. The summed E-state index contributed by atoms with van der Waals surface area (Å²) in [5.41, 5.74) is 0.588. The fraction of sp³-hybridized carbons (Fsp3) is 0.636. The molecule has 0 saturated carbocycles. The van der Waals surface area contributed by atoms with Crippen molar-refractivity contribution in [2.75, 3.05) is 18.5 Å². The molecule has 1 aromatic heterocycles. The number of nitrogens with one attached hydrogen (secondary N) is 1. The molecule has 1 amide bonds. The van der Waals surface area contributed by atoms with E-state index >= 15 is 0 Å². The zero-order chi connectivity index (χ0) is 12.3. The maximum absolute atomic E-state index is 11.9. The van der Waals surface area contributed by atoms with Gasteiger partial charge in [0.2, 0.25) is 5.91 Å². The van der Waals surface area contributed by atoms with Crippen LogP contribution in [0.1, 0.15) is 31.6 Å². The summed E-state index contributed by atoms with van der Waals surface area (Å²) in [6.45, 7) is 2.88. The van der Waals surface area contributed by atoms with Crippen LogP contribution in [0.2, 0.25) is 0 Å². The molecule has 6 heteroatoms. The lowest BCUT2D eigenvalue weighted by Crippen LogP contribution is -2.30. The molecule has 1 aliphatic heterocycles. The highest BCUT2D eigenvalue weighted by Gasteiger charge is 2.22. The number of ether oxygens (including phenoxy) is 1. The Morgan fingerprint density at radius 2 is 2.59 bits per heavy atom. The van der Waals surface area contributed by atoms with E-state index in [0.29, 0.717) is 17.4 Å². The molecule has 0 spiro atoms. The molecule has 2 atom stereocenters.